The molecule has 4 rings (SSSR count). The highest BCUT2D eigenvalue weighted by Crippen LogP contribution is 2.15. The van der Waals surface area contributed by atoms with Crippen LogP contribution in [0.4, 0.5) is 0 Å². The van der Waals surface area contributed by atoms with Crippen molar-refractivity contribution in [2.24, 2.45) is 0 Å². The van der Waals surface area contributed by atoms with Crippen LogP contribution < -0.4 is 10.9 Å². The molecule has 0 atom stereocenters. The number of hydrazine groups is 1. The Morgan fingerprint density at radius 2 is 1.64 bits per heavy atom. The van der Waals surface area contributed by atoms with Gasteiger partial charge in [0.15, 0.2) is 0 Å². The molecule has 3 N–H and O–H groups in total. The number of carbonyl (C=O) groups excluding carboxylic acids is 2. The lowest BCUT2D eigenvalue weighted by atomic mass is 10.1. The van der Waals surface area contributed by atoms with Crippen molar-refractivity contribution in [3.8, 4) is 0 Å². The minimum atomic E-state index is -0.490. The van der Waals surface area contributed by atoms with Crippen LogP contribution in [0.1, 0.15) is 20.8 Å². The van der Waals surface area contributed by atoms with E-state index in [0.29, 0.717) is 16.6 Å². The van der Waals surface area contributed by atoms with E-state index in [9.17, 15) is 9.59 Å². The zero-order valence-electron chi connectivity index (χ0n) is 13.0. The van der Waals surface area contributed by atoms with Gasteiger partial charge in [0.1, 0.15) is 5.69 Å². The number of benzene rings is 2. The maximum Gasteiger partial charge on any atom is 0.288 e. The van der Waals surface area contributed by atoms with E-state index < -0.39 is 11.8 Å². The molecule has 2 heterocycles. The number of hydrogen-bond donors (Lipinski definition) is 3. The van der Waals surface area contributed by atoms with Crippen molar-refractivity contribution < 1.29 is 9.59 Å². The number of H-pyrrole nitrogens is 1. The molecule has 2 aromatic heterocycles. The zero-order valence-corrected chi connectivity index (χ0v) is 13.0. The minimum Gasteiger partial charge on any atom is -0.277 e. The summed E-state index contributed by atoms with van der Waals surface area (Å²) in [6.45, 7) is 0. The van der Waals surface area contributed by atoms with Crippen molar-refractivity contribution in [1.82, 2.24) is 26.0 Å². The van der Waals surface area contributed by atoms with E-state index in [2.05, 4.69) is 26.0 Å². The molecular weight excluding hydrogens is 318 g/mol. The third-order valence-corrected chi connectivity index (χ3v) is 3.84. The molecule has 0 unspecified atom stereocenters. The van der Waals surface area contributed by atoms with Crippen LogP contribution in [0, 0.1) is 0 Å². The number of hydrogen-bond acceptors (Lipinski definition) is 4. The van der Waals surface area contributed by atoms with Gasteiger partial charge in [-0.05, 0) is 18.2 Å². The monoisotopic (exact) mass is 331 g/mol. The fourth-order valence-corrected chi connectivity index (χ4v) is 2.60. The fourth-order valence-electron chi connectivity index (χ4n) is 2.60. The van der Waals surface area contributed by atoms with Crippen LogP contribution in [0.25, 0.3) is 21.8 Å². The number of carbonyl (C=O) groups is 2. The van der Waals surface area contributed by atoms with E-state index in [1.165, 1.54) is 0 Å². The smallest absolute Gasteiger partial charge is 0.277 e. The molecule has 4 aromatic rings. The van der Waals surface area contributed by atoms with Crippen molar-refractivity contribution in [2.75, 3.05) is 0 Å². The maximum absolute atomic E-state index is 12.3. The van der Waals surface area contributed by atoms with E-state index in [1.807, 2.05) is 36.4 Å². The molecule has 0 bridgehead atoms. The van der Waals surface area contributed by atoms with Crippen LogP contribution in [-0.2, 0) is 0 Å². The van der Waals surface area contributed by atoms with Gasteiger partial charge in [0.2, 0.25) is 0 Å². The van der Waals surface area contributed by atoms with Gasteiger partial charge in [-0.2, -0.15) is 5.10 Å². The summed E-state index contributed by atoms with van der Waals surface area (Å²) in [5, 5.41) is 8.44. The van der Waals surface area contributed by atoms with Crippen LogP contribution in [0.2, 0.25) is 0 Å². The molecule has 0 spiro atoms. The van der Waals surface area contributed by atoms with Crippen LogP contribution >= 0.6 is 0 Å². The quantitative estimate of drug-likeness (QED) is 0.490. The molecule has 0 aliphatic rings. The number of para-hydroxylation sites is 2. The fraction of sp³-hybridized carbons (Fsp3) is 0. The summed E-state index contributed by atoms with van der Waals surface area (Å²) in [5.74, 6) is -0.931. The molecule has 0 radical (unpaired) electrons. The predicted molar refractivity (Wildman–Crippen MR) is 92.8 cm³/mol. The summed E-state index contributed by atoms with van der Waals surface area (Å²) in [7, 11) is 0. The van der Waals surface area contributed by atoms with E-state index >= 15 is 0 Å². The third kappa shape index (κ3) is 2.78. The van der Waals surface area contributed by atoms with E-state index in [1.54, 1.807) is 24.4 Å². The number of rotatable bonds is 2. The Kier molecular flexibility index (Phi) is 3.59. The Labute approximate surface area is 142 Å². The van der Waals surface area contributed by atoms with Gasteiger partial charge in [0.25, 0.3) is 11.8 Å². The molecule has 2 aromatic carbocycles. The lowest BCUT2D eigenvalue weighted by molar-refractivity contribution is 0.0845. The molecule has 0 saturated heterocycles. The van der Waals surface area contributed by atoms with Gasteiger partial charge < -0.3 is 0 Å². The first-order valence-electron chi connectivity index (χ1n) is 7.61. The third-order valence-electron chi connectivity index (χ3n) is 3.84. The van der Waals surface area contributed by atoms with Crippen LogP contribution in [-0.4, -0.2) is 27.0 Å². The molecule has 2 amide bonds. The number of amides is 2. The van der Waals surface area contributed by atoms with Gasteiger partial charge in [0, 0.05) is 10.8 Å². The predicted octanol–water partition coefficient (Wildman–Crippen LogP) is 2.19. The number of nitrogens with one attached hydrogen (secondary N) is 3. The van der Waals surface area contributed by atoms with Crippen molar-refractivity contribution in [3.05, 3.63) is 72.1 Å². The summed E-state index contributed by atoms with van der Waals surface area (Å²) in [6, 6.07) is 16.1. The summed E-state index contributed by atoms with van der Waals surface area (Å²) in [4.78, 5) is 28.8. The number of nitrogens with zero attached hydrogens (tertiary/aromatic N) is 2. The van der Waals surface area contributed by atoms with Gasteiger partial charge in [-0.3, -0.25) is 25.5 Å². The summed E-state index contributed by atoms with van der Waals surface area (Å²) in [6.07, 6.45) is 1.63. The second-order valence-electron chi connectivity index (χ2n) is 5.44. The van der Waals surface area contributed by atoms with Gasteiger partial charge in [-0.25, -0.2) is 4.98 Å². The zero-order chi connectivity index (χ0) is 17.2. The molecule has 122 valence electrons. The molecule has 25 heavy (non-hydrogen) atoms. The first-order valence-corrected chi connectivity index (χ1v) is 7.61. The lowest BCUT2D eigenvalue weighted by Crippen LogP contribution is -2.42. The highest BCUT2D eigenvalue weighted by molar-refractivity contribution is 6.06. The summed E-state index contributed by atoms with van der Waals surface area (Å²) < 4.78 is 0. The number of fused-ring (bicyclic) bond motifs is 2. The Morgan fingerprint density at radius 3 is 2.56 bits per heavy atom. The average molecular weight is 331 g/mol. The normalized spacial score (nSPS) is 10.7. The van der Waals surface area contributed by atoms with Gasteiger partial charge in [-0.15, -0.1) is 0 Å². The van der Waals surface area contributed by atoms with Gasteiger partial charge in [0.05, 0.1) is 22.8 Å². The largest absolute Gasteiger partial charge is 0.288 e. The second-order valence-corrected chi connectivity index (χ2v) is 5.44. The first kappa shape index (κ1) is 14.8. The molecule has 0 aliphatic heterocycles. The van der Waals surface area contributed by atoms with E-state index in [0.717, 1.165) is 10.8 Å². The molecule has 0 saturated carbocycles. The van der Waals surface area contributed by atoms with Crippen molar-refractivity contribution in [1.29, 1.82) is 0 Å². The van der Waals surface area contributed by atoms with E-state index in [-0.39, 0.29) is 5.69 Å². The van der Waals surface area contributed by atoms with Gasteiger partial charge >= 0.3 is 0 Å². The molecule has 0 aliphatic carbocycles. The van der Waals surface area contributed by atoms with Crippen molar-refractivity contribution >= 4 is 33.6 Å². The maximum atomic E-state index is 12.3. The Hall–Kier alpha value is -3.74. The van der Waals surface area contributed by atoms with Crippen molar-refractivity contribution in [2.45, 2.75) is 0 Å². The molecule has 7 nitrogen and oxygen atoms in total. The Bertz CT molecular complexity index is 1100. The molecular formula is C18H13N5O2. The topological polar surface area (TPSA) is 99.8 Å². The SMILES string of the molecule is O=C(NNC(=O)c1cccc2cn[nH]c12)c1ccc2ccccc2n1. The number of aromatic nitrogens is 3. The lowest BCUT2D eigenvalue weighted by Gasteiger charge is -2.08. The number of aromatic amines is 1. The Balaban J connectivity index is 1.51. The molecule has 7 heteroatoms. The Morgan fingerprint density at radius 1 is 0.840 bits per heavy atom. The summed E-state index contributed by atoms with van der Waals surface area (Å²) in [5.41, 5.74) is 6.72. The number of pyridine rings is 1. The summed E-state index contributed by atoms with van der Waals surface area (Å²) >= 11 is 0. The average Bonchev–Trinajstić information content (AvgIpc) is 3.14. The van der Waals surface area contributed by atoms with Crippen LogP contribution in [0.15, 0.2) is 60.8 Å². The standard InChI is InChI=1S/C18H13N5O2/c24-17(13-6-3-5-12-10-19-21-16(12)13)22-23-18(25)15-9-8-11-4-1-2-7-14(11)20-15/h1-10H,(H,19,21)(H,22,24)(H,23,25). The van der Waals surface area contributed by atoms with Gasteiger partial charge in [-0.1, -0.05) is 36.4 Å². The first-order chi connectivity index (χ1) is 12.2. The van der Waals surface area contributed by atoms with E-state index in [4.69, 9.17) is 0 Å². The minimum absolute atomic E-state index is 0.221. The highest BCUT2D eigenvalue weighted by Gasteiger charge is 2.13. The molecule has 0 fully saturated rings. The van der Waals surface area contributed by atoms with Crippen LogP contribution in [0.3, 0.4) is 0 Å². The highest BCUT2D eigenvalue weighted by atomic mass is 16.2. The van der Waals surface area contributed by atoms with Crippen LogP contribution in [0.5, 0.6) is 0 Å². The second kappa shape index (κ2) is 6.04. The van der Waals surface area contributed by atoms with Crippen molar-refractivity contribution in [3.63, 3.8) is 0 Å².